The average Bonchev–Trinajstić information content (AvgIpc) is 2.68. The van der Waals surface area contributed by atoms with E-state index in [-0.39, 0.29) is 11.8 Å². The van der Waals surface area contributed by atoms with Crippen molar-refractivity contribution in [3.8, 4) is 0 Å². The first-order valence-corrected chi connectivity index (χ1v) is 8.67. The number of amides is 2. The van der Waals surface area contributed by atoms with Crippen molar-refractivity contribution >= 4 is 11.8 Å². The van der Waals surface area contributed by atoms with Crippen LogP contribution in [0.3, 0.4) is 0 Å². The molecule has 24 heavy (non-hydrogen) atoms. The van der Waals surface area contributed by atoms with Crippen LogP contribution in [0.15, 0.2) is 24.3 Å². The number of likely N-dealkylation sites (N-methyl/N-ethyl adjacent to an activating group) is 1. The molecule has 0 aliphatic carbocycles. The van der Waals surface area contributed by atoms with Crippen LogP contribution in [-0.4, -0.2) is 85.5 Å². The summed E-state index contributed by atoms with van der Waals surface area (Å²) >= 11 is 0. The molecular formula is C18H25N3O3. The first-order valence-electron chi connectivity index (χ1n) is 8.67. The lowest BCUT2D eigenvalue weighted by Crippen LogP contribution is -2.48. The fraction of sp³-hybridized carbons (Fsp3) is 0.556. The third kappa shape index (κ3) is 3.76. The first kappa shape index (κ1) is 16.9. The monoisotopic (exact) mass is 331 g/mol. The predicted octanol–water partition coefficient (Wildman–Crippen LogP) is 0.937. The lowest BCUT2D eigenvalue weighted by Gasteiger charge is -2.34. The lowest BCUT2D eigenvalue weighted by molar-refractivity contribution is 0.0303. The third-order valence-electron chi connectivity index (χ3n) is 4.78. The van der Waals surface area contributed by atoms with Gasteiger partial charge in [0.2, 0.25) is 0 Å². The van der Waals surface area contributed by atoms with Crippen LogP contribution in [0.5, 0.6) is 0 Å². The summed E-state index contributed by atoms with van der Waals surface area (Å²) in [7, 11) is 0. The van der Waals surface area contributed by atoms with E-state index in [1.165, 1.54) is 0 Å². The van der Waals surface area contributed by atoms with Crippen LogP contribution in [0.2, 0.25) is 0 Å². The zero-order valence-electron chi connectivity index (χ0n) is 14.2. The molecule has 0 atom stereocenters. The van der Waals surface area contributed by atoms with Gasteiger partial charge in [0, 0.05) is 50.4 Å². The molecule has 3 rings (SSSR count). The number of ether oxygens (including phenoxy) is 1. The summed E-state index contributed by atoms with van der Waals surface area (Å²) in [6.07, 6.45) is 0. The topological polar surface area (TPSA) is 53.1 Å². The molecule has 2 aliphatic rings. The Hall–Kier alpha value is -1.92. The molecule has 2 heterocycles. The Morgan fingerprint density at radius 3 is 1.75 bits per heavy atom. The van der Waals surface area contributed by atoms with E-state index in [1.54, 1.807) is 29.2 Å². The van der Waals surface area contributed by atoms with Gasteiger partial charge in [-0.1, -0.05) is 6.92 Å². The highest BCUT2D eigenvalue weighted by molar-refractivity contribution is 5.97. The second kappa shape index (κ2) is 7.77. The maximum atomic E-state index is 12.6. The number of morpholine rings is 1. The molecule has 0 bridgehead atoms. The van der Waals surface area contributed by atoms with Crippen LogP contribution in [0.4, 0.5) is 0 Å². The van der Waals surface area contributed by atoms with Crippen molar-refractivity contribution in [3.63, 3.8) is 0 Å². The Kier molecular flexibility index (Phi) is 5.48. The first-order chi connectivity index (χ1) is 11.7. The van der Waals surface area contributed by atoms with E-state index in [0.717, 1.165) is 32.7 Å². The summed E-state index contributed by atoms with van der Waals surface area (Å²) in [5, 5.41) is 0. The van der Waals surface area contributed by atoms with E-state index >= 15 is 0 Å². The number of rotatable bonds is 3. The van der Waals surface area contributed by atoms with Gasteiger partial charge in [0.05, 0.1) is 13.2 Å². The molecule has 1 aromatic rings. The van der Waals surface area contributed by atoms with Crippen molar-refractivity contribution in [1.82, 2.24) is 14.7 Å². The van der Waals surface area contributed by atoms with E-state index in [0.29, 0.717) is 37.4 Å². The molecule has 0 spiro atoms. The number of benzene rings is 1. The third-order valence-corrected chi connectivity index (χ3v) is 4.78. The fourth-order valence-corrected chi connectivity index (χ4v) is 3.15. The van der Waals surface area contributed by atoms with Gasteiger partial charge in [0.25, 0.3) is 11.8 Å². The highest BCUT2D eigenvalue weighted by Crippen LogP contribution is 2.13. The van der Waals surface area contributed by atoms with Gasteiger partial charge in [-0.05, 0) is 30.8 Å². The summed E-state index contributed by atoms with van der Waals surface area (Å²) in [4.78, 5) is 31.0. The summed E-state index contributed by atoms with van der Waals surface area (Å²) < 4.78 is 5.27. The normalized spacial score (nSPS) is 19.4. The van der Waals surface area contributed by atoms with E-state index in [2.05, 4.69) is 11.8 Å². The highest BCUT2D eigenvalue weighted by Gasteiger charge is 2.22. The summed E-state index contributed by atoms with van der Waals surface area (Å²) in [5.74, 6) is 0.0602. The summed E-state index contributed by atoms with van der Waals surface area (Å²) in [6.45, 7) is 8.98. The zero-order chi connectivity index (χ0) is 16.9. The second-order valence-electron chi connectivity index (χ2n) is 6.21. The Morgan fingerprint density at radius 1 is 0.833 bits per heavy atom. The molecule has 2 aliphatic heterocycles. The van der Waals surface area contributed by atoms with Gasteiger partial charge in [0.15, 0.2) is 0 Å². The molecule has 130 valence electrons. The molecule has 6 nitrogen and oxygen atoms in total. The van der Waals surface area contributed by atoms with Gasteiger partial charge in [0.1, 0.15) is 0 Å². The molecule has 0 unspecified atom stereocenters. The smallest absolute Gasteiger partial charge is 0.254 e. The van der Waals surface area contributed by atoms with Crippen molar-refractivity contribution < 1.29 is 14.3 Å². The van der Waals surface area contributed by atoms with Crippen LogP contribution in [0.25, 0.3) is 0 Å². The summed E-state index contributed by atoms with van der Waals surface area (Å²) in [6, 6.07) is 7.05. The quantitative estimate of drug-likeness (QED) is 0.827. The van der Waals surface area contributed by atoms with Crippen LogP contribution >= 0.6 is 0 Å². The molecule has 2 saturated heterocycles. The van der Waals surface area contributed by atoms with Gasteiger partial charge < -0.3 is 19.4 Å². The molecular weight excluding hydrogens is 306 g/mol. The van der Waals surface area contributed by atoms with E-state index in [4.69, 9.17) is 4.74 Å². The Morgan fingerprint density at radius 2 is 1.29 bits per heavy atom. The van der Waals surface area contributed by atoms with Crippen molar-refractivity contribution in [1.29, 1.82) is 0 Å². The van der Waals surface area contributed by atoms with Crippen LogP contribution < -0.4 is 0 Å². The fourth-order valence-electron chi connectivity index (χ4n) is 3.15. The number of piperazine rings is 1. The molecule has 2 fully saturated rings. The van der Waals surface area contributed by atoms with Crippen LogP contribution in [-0.2, 0) is 4.74 Å². The Balaban J connectivity index is 1.61. The van der Waals surface area contributed by atoms with Gasteiger partial charge in [-0.2, -0.15) is 0 Å². The molecule has 0 radical (unpaired) electrons. The Bertz CT molecular complexity index is 574. The number of hydrogen-bond acceptors (Lipinski definition) is 4. The molecule has 1 aromatic carbocycles. The largest absolute Gasteiger partial charge is 0.378 e. The van der Waals surface area contributed by atoms with Gasteiger partial charge >= 0.3 is 0 Å². The van der Waals surface area contributed by atoms with Gasteiger partial charge in [-0.15, -0.1) is 0 Å². The van der Waals surface area contributed by atoms with Crippen molar-refractivity contribution in [3.05, 3.63) is 35.4 Å². The lowest BCUT2D eigenvalue weighted by atomic mass is 10.1. The van der Waals surface area contributed by atoms with Crippen LogP contribution in [0.1, 0.15) is 27.6 Å². The van der Waals surface area contributed by atoms with Crippen molar-refractivity contribution in [2.75, 3.05) is 59.0 Å². The van der Waals surface area contributed by atoms with Crippen molar-refractivity contribution in [2.24, 2.45) is 0 Å². The molecule has 0 saturated carbocycles. The summed E-state index contributed by atoms with van der Waals surface area (Å²) in [5.41, 5.74) is 1.28. The maximum Gasteiger partial charge on any atom is 0.254 e. The molecule has 2 amide bonds. The van der Waals surface area contributed by atoms with Crippen LogP contribution in [0, 0.1) is 0 Å². The standard InChI is InChI=1S/C18H25N3O3/c1-2-19-7-9-20(10-8-19)17(22)15-3-5-16(6-4-15)18(23)21-11-13-24-14-12-21/h3-6H,2,7-14H2,1H3. The second-order valence-corrected chi connectivity index (χ2v) is 6.21. The Labute approximate surface area is 143 Å². The number of hydrogen-bond donors (Lipinski definition) is 0. The zero-order valence-corrected chi connectivity index (χ0v) is 14.2. The molecule has 0 aromatic heterocycles. The van der Waals surface area contributed by atoms with E-state index in [9.17, 15) is 9.59 Å². The number of nitrogens with zero attached hydrogens (tertiary/aromatic N) is 3. The maximum absolute atomic E-state index is 12.6. The SMILES string of the molecule is CCN1CCN(C(=O)c2ccc(C(=O)N3CCOCC3)cc2)CC1. The minimum absolute atomic E-state index is 0.00820. The minimum Gasteiger partial charge on any atom is -0.378 e. The number of carbonyl (C=O) groups excluding carboxylic acids is 2. The van der Waals surface area contributed by atoms with E-state index < -0.39 is 0 Å². The van der Waals surface area contributed by atoms with Gasteiger partial charge in [-0.3, -0.25) is 9.59 Å². The average molecular weight is 331 g/mol. The predicted molar refractivity (Wildman–Crippen MR) is 91.2 cm³/mol. The minimum atomic E-state index is 0.00820. The van der Waals surface area contributed by atoms with E-state index in [1.807, 2.05) is 4.90 Å². The number of carbonyl (C=O) groups is 2. The van der Waals surface area contributed by atoms with Crippen molar-refractivity contribution in [2.45, 2.75) is 6.92 Å². The van der Waals surface area contributed by atoms with Gasteiger partial charge in [-0.25, -0.2) is 0 Å². The molecule has 6 heteroatoms. The molecule has 0 N–H and O–H groups in total. The highest BCUT2D eigenvalue weighted by atomic mass is 16.5.